The first-order chi connectivity index (χ1) is 12.2. The molecule has 1 heterocycles. The molecule has 0 unspecified atom stereocenters. The molecule has 2 rings (SSSR count). The Morgan fingerprint density at radius 2 is 2.08 bits per heavy atom. The first-order valence-corrected chi connectivity index (χ1v) is 8.87. The van der Waals surface area contributed by atoms with E-state index in [1.165, 1.54) is 19.3 Å². The van der Waals surface area contributed by atoms with Gasteiger partial charge in [-0.1, -0.05) is 11.6 Å². The molecular weight excluding hydrogens is 454 g/mol. The van der Waals surface area contributed by atoms with Crippen LogP contribution in [0, 0.1) is 0 Å². The second-order valence-corrected chi connectivity index (χ2v) is 7.09. The quantitative estimate of drug-likeness (QED) is 0.505. The number of carboxylic acid groups (broad SMARTS) is 1. The number of carbonyl (C=O) groups is 4. The summed E-state index contributed by atoms with van der Waals surface area (Å²) in [4.78, 5) is 46.5. The van der Waals surface area contributed by atoms with Crippen LogP contribution in [0.4, 0.5) is 4.79 Å². The molecule has 0 aromatic heterocycles. The number of rotatable bonds is 6. The fraction of sp³-hybridized carbons (Fsp3) is 0.200. The zero-order valence-electron chi connectivity index (χ0n) is 13.2. The summed E-state index contributed by atoms with van der Waals surface area (Å²) in [7, 11) is 1.23. The Hall–Kier alpha value is -2.04. The van der Waals surface area contributed by atoms with Gasteiger partial charge in [-0.2, -0.15) is 0 Å². The van der Waals surface area contributed by atoms with Crippen molar-refractivity contribution in [1.82, 2.24) is 4.90 Å². The van der Waals surface area contributed by atoms with Crippen LogP contribution in [0.5, 0.6) is 5.75 Å². The average Bonchev–Trinajstić information content (AvgIpc) is 2.81. The molecule has 2 amide bonds. The zero-order chi connectivity index (χ0) is 19.4. The maximum Gasteiger partial charge on any atom is 0.343 e. The van der Waals surface area contributed by atoms with Gasteiger partial charge in [0.05, 0.1) is 21.5 Å². The summed E-state index contributed by atoms with van der Waals surface area (Å²) in [6.45, 7) is -1.03. The van der Waals surface area contributed by atoms with Gasteiger partial charge in [0.25, 0.3) is 11.1 Å². The van der Waals surface area contributed by atoms with Crippen molar-refractivity contribution in [2.75, 3.05) is 20.3 Å². The Morgan fingerprint density at radius 3 is 2.65 bits per heavy atom. The Labute approximate surface area is 165 Å². The lowest BCUT2D eigenvalue weighted by Crippen LogP contribution is -2.33. The maximum absolute atomic E-state index is 12.1. The first kappa shape index (κ1) is 20.3. The highest BCUT2D eigenvalue weighted by atomic mass is 79.9. The van der Waals surface area contributed by atoms with Gasteiger partial charge in [0.2, 0.25) is 0 Å². The minimum atomic E-state index is -1.29. The first-order valence-electron chi connectivity index (χ1n) is 6.88. The second kappa shape index (κ2) is 8.56. The molecule has 1 saturated heterocycles. The summed E-state index contributed by atoms with van der Waals surface area (Å²) in [5.74, 6) is -2.34. The molecule has 0 bridgehead atoms. The topological polar surface area (TPSA) is 110 Å². The number of halogens is 2. The van der Waals surface area contributed by atoms with Gasteiger partial charge in [-0.25, -0.2) is 4.79 Å². The van der Waals surface area contributed by atoms with E-state index in [1.54, 1.807) is 6.07 Å². The number of hydrogen-bond acceptors (Lipinski definition) is 7. The molecular formula is C15H11BrClNO7S. The van der Waals surface area contributed by atoms with E-state index in [4.69, 9.17) is 21.4 Å². The molecule has 0 atom stereocenters. The van der Waals surface area contributed by atoms with E-state index in [0.29, 0.717) is 26.7 Å². The van der Waals surface area contributed by atoms with Crippen molar-refractivity contribution in [3.05, 3.63) is 32.1 Å². The molecule has 0 saturated carbocycles. The number of ether oxygens (including phenoxy) is 2. The molecule has 1 aliphatic heterocycles. The van der Waals surface area contributed by atoms with Gasteiger partial charge < -0.3 is 14.6 Å². The van der Waals surface area contributed by atoms with Crippen LogP contribution in [0.3, 0.4) is 0 Å². The average molecular weight is 465 g/mol. The minimum Gasteiger partial charge on any atom is -0.480 e. The molecule has 11 heteroatoms. The Morgan fingerprint density at radius 1 is 1.38 bits per heavy atom. The van der Waals surface area contributed by atoms with E-state index in [9.17, 15) is 19.2 Å². The van der Waals surface area contributed by atoms with Crippen molar-refractivity contribution >= 4 is 68.5 Å². The van der Waals surface area contributed by atoms with Crippen LogP contribution in [0.15, 0.2) is 21.5 Å². The van der Waals surface area contributed by atoms with Gasteiger partial charge in [0.15, 0.2) is 12.4 Å². The predicted molar refractivity (Wildman–Crippen MR) is 97.0 cm³/mol. The Bertz CT molecular complexity index is 803. The normalized spacial score (nSPS) is 15.5. The molecule has 1 aliphatic rings. The summed E-state index contributed by atoms with van der Waals surface area (Å²) in [5, 5.41) is 8.26. The molecule has 8 nitrogen and oxygen atoms in total. The summed E-state index contributed by atoms with van der Waals surface area (Å²) in [6.07, 6.45) is 1.41. The largest absolute Gasteiger partial charge is 0.480 e. The van der Waals surface area contributed by atoms with E-state index in [0.717, 1.165) is 0 Å². The highest BCUT2D eigenvalue weighted by Crippen LogP contribution is 2.37. The fourth-order valence-corrected chi connectivity index (χ4v) is 3.74. The van der Waals surface area contributed by atoms with Gasteiger partial charge in [-0.15, -0.1) is 0 Å². The van der Waals surface area contributed by atoms with Crippen molar-refractivity contribution in [1.29, 1.82) is 0 Å². The minimum absolute atomic E-state index is 0.0717. The smallest absolute Gasteiger partial charge is 0.343 e. The lowest BCUT2D eigenvalue weighted by molar-refractivity contribution is -0.143. The highest BCUT2D eigenvalue weighted by molar-refractivity contribution is 9.10. The number of methoxy groups -OCH3 is 1. The number of esters is 1. The number of carboxylic acids is 1. The number of carbonyl (C=O) groups excluding carboxylic acids is 3. The van der Waals surface area contributed by atoms with Crippen LogP contribution >= 0.6 is 39.3 Å². The van der Waals surface area contributed by atoms with E-state index in [1.807, 2.05) is 0 Å². The molecule has 138 valence electrons. The Balaban J connectivity index is 2.23. The second-order valence-electron chi connectivity index (χ2n) is 4.84. The van der Waals surface area contributed by atoms with Crippen LogP contribution < -0.4 is 4.74 Å². The van der Waals surface area contributed by atoms with E-state index >= 15 is 0 Å². The SMILES string of the molecule is COC(=O)COc1c(Cl)cc(/C=C2/SC(=O)N(CC(=O)O)C2=O)cc1Br. The molecule has 0 radical (unpaired) electrons. The van der Waals surface area contributed by atoms with Crippen molar-refractivity contribution < 1.29 is 33.8 Å². The van der Waals surface area contributed by atoms with Gasteiger partial charge in [-0.05, 0) is 51.5 Å². The van der Waals surface area contributed by atoms with Gasteiger partial charge in [-0.3, -0.25) is 19.3 Å². The van der Waals surface area contributed by atoms with Crippen molar-refractivity contribution in [3.8, 4) is 5.75 Å². The molecule has 26 heavy (non-hydrogen) atoms. The molecule has 0 spiro atoms. The molecule has 1 aromatic rings. The van der Waals surface area contributed by atoms with Crippen LogP contribution in [0.1, 0.15) is 5.56 Å². The van der Waals surface area contributed by atoms with Crippen LogP contribution in [0.25, 0.3) is 6.08 Å². The van der Waals surface area contributed by atoms with Gasteiger partial charge >= 0.3 is 11.9 Å². The summed E-state index contributed by atoms with van der Waals surface area (Å²) in [5.41, 5.74) is 0.480. The van der Waals surface area contributed by atoms with Crippen LogP contribution in [-0.2, 0) is 19.1 Å². The van der Waals surface area contributed by atoms with Crippen LogP contribution in [-0.4, -0.2) is 53.4 Å². The fourth-order valence-electron chi connectivity index (χ4n) is 1.91. The monoisotopic (exact) mass is 463 g/mol. The molecule has 1 aromatic carbocycles. The third kappa shape index (κ3) is 4.77. The Kier molecular flexibility index (Phi) is 6.68. The number of nitrogens with zero attached hydrogens (tertiary/aromatic N) is 1. The maximum atomic E-state index is 12.1. The third-order valence-corrected chi connectivity index (χ3v) is 4.82. The number of imide groups is 1. The van der Waals surface area contributed by atoms with E-state index < -0.39 is 29.6 Å². The van der Waals surface area contributed by atoms with Crippen molar-refractivity contribution in [2.45, 2.75) is 0 Å². The number of aliphatic carboxylic acids is 1. The number of benzene rings is 1. The zero-order valence-corrected chi connectivity index (χ0v) is 16.3. The highest BCUT2D eigenvalue weighted by Gasteiger charge is 2.36. The van der Waals surface area contributed by atoms with Gasteiger partial charge in [0.1, 0.15) is 6.54 Å². The van der Waals surface area contributed by atoms with Crippen molar-refractivity contribution in [2.24, 2.45) is 0 Å². The van der Waals surface area contributed by atoms with E-state index in [2.05, 4.69) is 20.7 Å². The lowest BCUT2D eigenvalue weighted by Gasteiger charge is -2.10. The number of amides is 2. The predicted octanol–water partition coefficient (Wildman–Crippen LogP) is 2.78. The number of hydrogen-bond donors (Lipinski definition) is 1. The molecule has 1 fully saturated rings. The summed E-state index contributed by atoms with van der Waals surface area (Å²) in [6, 6.07) is 3.05. The molecule has 0 aliphatic carbocycles. The van der Waals surface area contributed by atoms with Crippen LogP contribution in [0.2, 0.25) is 5.02 Å². The summed E-state index contributed by atoms with van der Waals surface area (Å²) >= 11 is 10.0. The number of thioether (sulfide) groups is 1. The summed E-state index contributed by atoms with van der Waals surface area (Å²) < 4.78 is 10.2. The van der Waals surface area contributed by atoms with E-state index in [-0.39, 0.29) is 22.3 Å². The lowest BCUT2D eigenvalue weighted by atomic mass is 10.2. The third-order valence-electron chi connectivity index (χ3n) is 3.05. The standard InChI is InChI=1S/C15H11BrClNO7S/c1-24-12(21)6-25-13-8(16)2-7(3-9(13)17)4-10-14(22)18(5-11(19)20)15(23)26-10/h2-4H,5-6H2,1H3,(H,19,20)/b10-4+. The molecule has 1 N–H and O–H groups in total. The van der Waals surface area contributed by atoms with Crippen molar-refractivity contribution in [3.63, 3.8) is 0 Å². The van der Waals surface area contributed by atoms with Gasteiger partial charge in [0, 0.05) is 0 Å².